The highest BCUT2D eigenvalue weighted by atomic mass is 16.6. The quantitative estimate of drug-likeness (QED) is 0.649. The summed E-state index contributed by atoms with van der Waals surface area (Å²) < 4.78 is 5.72. The number of fused-ring (bicyclic) bond motifs is 1. The molecule has 0 N–H and O–H groups in total. The minimum Gasteiger partial charge on any atom is -0.410 e. The first-order valence-electron chi connectivity index (χ1n) is 8.28. The zero-order chi connectivity index (χ0) is 16.9. The van der Waals surface area contributed by atoms with Gasteiger partial charge in [-0.2, -0.15) is 0 Å². The van der Waals surface area contributed by atoms with Gasteiger partial charge in [0.15, 0.2) is 0 Å². The van der Waals surface area contributed by atoms with Gasteiger partial charge in [-0.05, 0) is 42.5 Å². The van der Waals surface area contributed by atoms with Gasteiger partial charge in [-0.25, -0.2) is 4.79 Å². The van der Waals surface area contributed by atoms with Crippen LogP contribution in [0, 0.1) is 0 Å². The summed E-state index contributed by atoms with van der Waals surface area (Å²) in [7, 11) is 0. The van der Waals surface area contributed by atoms with Crippen molar-refractivity contribution in [3.8, 4) is 16.9 Å². The lowest BCUT2D eigenvalue weighted by atomic mass is 10.0. The normalized spacial score (nSPS) is 10.6. The van der Waals surface area contributed by atoms with Gasteiger partial charge in [0.25, 0.3) is 0 Å². The summed E-state index contributed by atoms with van der Waals surface area (Å²) in [6, 6.07) is 22.2. The second kappa shape index (κ2) is 7.18. The first kappa shape index (κ1) is 16.1. The fourth-order valence-electron chi connectivity index (χ4n) is 2.80. The van der Waals surface area contributed by atoms with Crippen LogP contribution in [-0.2, 0) is 0 Å². The van der Waals surface area contributed by atoms with E-state index in [0.29, 0.717) is 18.8 Å². The molecule has 0 aliphatic heterocycles. The number of hydrogen-bond donors (Lipinski definition) is 0. The van der Waals surface area contributed by atoms with E-state index in [2.05, 4.69) is 18.2 Å². The molecule has 122 valence electrons. The van der Waals surface area contributed by atoms with E-state index >= 15 is 0 Å². The molecule has 1 amide bonds. The number of benzene rings is 3. The van der Waals surface area contributed by atoms with E-state index in [1.165, 1.54) is 0 Å². The van der Waals surface area contributed by atoms with Crippen molar-refractivity contribution in [3.63, 3.8) is 0 Å². The van der Waals surface area contributed by atoms with Crippen molar-refractivity contribution in [2.75, 3.05) is 13.1 Å². The first-order chi connectivity index (χ1) is 11.7. The smallest absolute Gasteiger partial charge is 0.410 e. The molecule has 0 saturated carbocycles. The first-order valence-corrected chi connectivity index (χ1v) is 8.28. The van der Waals surface area contributed by atoms with Gasteiger partial charge in [-0.1, -0.05) is 54.6 Å². The standard InChI is InChI=1S/C21H21NO2/c1-3-22(4-2)21(23)24-20-15-18(16-10-6-5-7-11-16)14-17-12-8-9-13-19(17)20/h5-15H,3-4H2,1-2H3. The molecule has 0 aliphatic rings. The van der Waals surface area contributed by atoms with Crippen molar-refractivity contribution >= 4 is 16.9 Å². The van der Waals surface area contributed by atoms with Crippen molar-refractivity contribution in [2.45, 2.75) is 13.8 Å². The molecule has 3 aromatic rings. The third-order valence-corrected chi connectivity index (χ3v) is 4.15. The van der Waals surface area contributed by atoms with Gasteiger partial charge in [-0.15, -0.1) is 0 Å². The Balaban J connectivity index is 2.07. The molecule has 3 aromatic carbocycles. The Morgan fingerprint density at radius 3 is 2.25 bits per heavy atom. The second-order valence-corrected chi connectivity index (χ2v) is 5.60. The Morgan fingerprint density at radius 2 is 1.54 bits per heavy atom. The summed E-state index contributed by atoms with van der Waals surface area (Å²) in [5, 5.41) is 2.00. The number of amides is 1. The Bertz CT molecular complexity index is 839. The largest absolute Gasteiger partial charge is 0.415 e. The molecule has 24 heavy (non-hydrogen) atoms. The lowest BCUT2D eigenvalue weighted by Crippen LogP contribution is -2.33. The zero-order valence-electron chi connectivity index (χ0n) is 14.0. The number of ether oxygens (including phenoxy) is 1. The van der Waals surface area contributed by atoms with Crippen LogP contribution in [0.4, 0.5) is 4.79 Å². The van der Waals surface area contributed by atoms with Crippen LogP contribution in [0.25, 0.3) is 21.9 Å². The average molecular weight is 319 g/mol. The van der Waals surface area contributed by atoms with Crippen LogP contribution in [0.5, 0.6) is 5.75 Å². The summed E-state index contributed by atoms with van der Waals surface area (Å²) in [5.41, 5.74) is 2.14. The minimum atomic E-state index is -0.310. The molecule has 0 aromatic heterocycles. The molecular formula is C21H21NO2. The van der Waals surface area contributed by atoms with Gasteiger partial charge in [0.1, 0.15) is 5.75 Å². The highest BCUT2D eigenvalue weighted by Gasteiger charge is 2.15. The number of rotatable bonds is 4. The van der Waals surface area contributed by atoms with Crippen molar-refractivity contribution < 1.29 is 9.53 Å². The summed E-state index contributed by atoms with van der Waals surface area (Å²) in [4.78, 5) is 14.0. The van der Waals surface area contributed by atoms with E-state index in [-0.39, 0.29) is 6.09 Å². The molecular weight excluding hydrogens is 298 g/mol. The third kappa shape index (κ3) is 3.25. The number of carbonyl (C=O) groups excluding carboxylic acids is 1. The molecule has 3 nitrogen and oxygen atoms in total. The second-order valence-electron chi connectivity index (χ2n) is 5.60. The number of nitrogens with zero attached hydrogens (tertiary/aromatic N) is 1. The monoisotopic (exact) mass is 319 g/mol. The summed E-state index contributed by atoms with van der Waals surface area (Å²) in [5.74, 6) is 0.601. The molecule has 0 bridgehead atoms. The maximum absolute atomic E-state index is 12.4. The molecule has 0 spiro atoms. The highest BCUT2D eigenvalue weighted by molar-refractivity contribution is 5.94. The van der Waals surface area contributed by atoms with Crippen LogP contribution in [0.15, 0.2) is 66.7 Å². The van der Waals surface area contributed by atoms with Gasteiger partial charge < -0.3 is 9.64 Å². The van der Waals surface area contributed by atoms with Gasteiger partial charge in [0.2, 0.25) is 0 Å². The van der Waals surface area contributed by atoms with E-state index in [0.717, 1.165) is 21.9 Å². The fourth-order valence-corrected chi connectivity index (χ4v) is 2.80. The molecule has 0 radical (unpaired) electrons. The lowest BCUT2D eigenvalue weighted by Gasteiger charge is -2.19. The molecule has 0 aliphatic carbocycles. The zero-order valence-corrected chi connectivity index (χ0v) is 14.0. The van der Waals surface area contributed by atoms with Crippen molar-refractivity contribution in [1.82, 2.24) is 4.90 Å². The Hall–Kier alpha value is -2.81. The van der Waals surface area contributed by atoms with E-state index in [1.807, 2.05) is 62.4 Å². The maximum Gasteiger partial charge on any atom is 0.415 e. The molecule has 0 fully saturated rings. The third-order valence-electron chi connectivity index (χ3n) is 4.15. The molecule has 3 heteroatoms. The van der Waals surface area contributed by atoms with Crippen molar-refractivity contribution in [3.05, 3.63) is 66.7 Å². The lowest BCUT2D eigenvalue weighted by molar-refractivity contribution is 0.158. The van der Waals surface area contributed by atoms with E-state index in [9.17, 15) is 4.79 Å². The molecule has 3 rings (SSSR count). The average Bonchev–Trinajstić information content (AvgIpc) is 2.63. The van der Waals surface area contributed by atoms with E-state index < -0.39 is 0 Å². The SMILES string of the molecule is CCN(CC)C(=O)Oc1cc(-c2ccccc2)cc2ccccc12. The predicted octanol–water partition coefficient (Wildman–Crippen LogP) is 5.35. The molecule has 0 heterocycles. The Kier molecular flexibility index (Phi) is 4.80. The van der Waals surface area contributed by atoms with Crippen LogP contribution >= 0.6 is 0 Å². The molecule has 0 atom stereocenters. The number of carbonyl (C=O) groups is 1. The highest BCUT2D eigenvalue weighted by Crippen LogP contribution is 2.32. The van der Waals surface area contributed by atoms with E-state index in [4.69, 9.17) is 4.74 Å². The maximum atomic E-state index is 12.4. The van der Waals surface area contributed by atoms with Crippen LogP contribution in [0.1, 0.15) is 13.8 Å². The Labute approximate surface area is 142 Å². The van der Waals surface area contributed by atoms with Gasteiger partial charge >= 0.3 is 6.09 Å². The van der Waals surface area contributed by atoms with Crippen LogP contribution in [0.3, 0.4) is 0 Å². The predicted molar refractivity (Wildman–Crippen MR) is 98.3 cm³/mol. The minimum absolute atomic E-state index is 0.310. The fraction of sp³-hybridized carbons (Fsp3) is 0.190. The molecule has 0 unspecified atom stereocenters. The molecule has 0 saturated heterocycles. The van der Waals surface area contributed by atoms with Gasteiger partial charge in [-0.3, -0.25) is 0 Å². The van der Waals surface area contributed by atoms with Crippen molar-refractivity contribution in [1.29, 1.82) is 0 Å². The van der Waals surface area contributed by atoms with Crippen molar-refractivity contribution in [2.24, 2.45) is 0 Å². The summed E-state index contributed by atoms with van der Waals surface area (Å²) in [6.45, 7) is 5.16. The Morgan fingerprint density at radius 1 is 0.875 bits per heavy atom. The van der Waals surface area contributed by atoms with E-state index in [1.54, 1.807) is 4.90 Å². The van der Waals surface area contributed by atoms with Gasteiger partial charge in [0, 0.05) is 18.5 Å². The van der Waals surface area contributed by atoms with Crippen LogP contribution < -0.4 is 4.74 Å². The van der Waals surface area contributed by atoms with Crippen LogP contribution in [-0.4, -0.2) is 24.1 Å². The summed E-state index contributed by atoms with van der Waals surface area (Å²) >= 11 is 0. The van der Waals surface area contributed by atoms with Gasteiger partial charge in [0.05, 0.1) is 0 Å². The topological polar surface area (TPSA) is 29.5 Å². The van der Waals surface area contributed by atoms with Crippen LogP contribution in [0.2, 0.25) is 0 Å². The number of hydrogen-bond acceptors (Lipinski definition) is 2. The summed E-state index contributed by atoms with van der Waals surface area (Å²) in [6.07, 6.45) is -0.310.